The normalized spacial score (nSPS) is 17.0. The molecule has 1 aromatic carbocycles. The Kier molecular flexibility index (Phi) is 3.13. The zero-order valence-corrected chi connectivity index (χ0v) is 11.1. The first-order chi connectivity index (χ1) is 7.68. The molecule has 3 nitrogen and oxygen atoms in total. The highest BCUT2D eigenvalue weighted by molar-refractivity contribution is 9.10. The SMILES string of the molecule is COc1ccc(C2(CN)CC2)c(Br)c1OC. The maximum Gasteiger partial charge on any atom is 0.175 e. The summed E-state index contributed by atoms with van der Waals surface area (Å²) in [4.78, 5) is 0. The first-order valence-corrected chi connectivity index (χ1v) is 6.09. The average molecular weight is 286 g/mol. The minimum absolute atomic E-state index is 0.151. The summed E-state index contributed by atoms with van der Waals surface area (Å²) in [6.07, 6.45) is 2.30. The van der Waals surface area contributed by atoms with E-state index in [2.05, 4.69) is 22.0 Å². The smallest absolute Gasteiger partial charge is 0.175 e. The van der Waals surface area contributed by atoms with Crippen LogP contribution in [-0.2, 0) is 5.41 Å². The van der Waals surface area contributed by atoms with E-state index in [9.17, 15) is 0 Å². The van der Waals surface area contributed by atoms with Gasteiger partial charge in [0.2, 0.25) is 0 Å². The van der Waals surface area contributed by atoms with Gasteiger partial charge in [-0.3, -0.25) is 0 Å². The van der Waals surface area contributed by atoms with Crippen LogP contribution < -0.4 is 15.2 Å². The number of rotatable bonds is 4. The summed E-state index contributed by atoms with van der Waals surface area (Å²) in [6.45, 7) is 0.682. The van der Waals surface area contributed by atoms with Crippen molar-refractivity contribution in [3.8, 4) is 11.5 Å². The molecule has 16 heavy (non-hydrogen) atoms. The maximum absolute atomic E-state index is 5.84. The van der Waals surface area contributed by atoms with Crippen LogP contribution in [0.25, 0.3) is 0 Å². The molecule has 0 atom stereocenters. The second kappa shape index (κ2) is 4.26. The van der Waals surface area contributed by atoms with Gasteiger partial charge < -0.3 is 15.2 Å². The van der Waals surface area contributed by atoms with E-state index in [-0.39, 0.29) is 5.41 Å². The number of hydrogen-bond donors (Lipinski definition) is 1. The van der Waals surface area contributed by atoms with E-state index < -0.39 is 0 Å². The largest absolute Gasteiger partial charge is 0.493 e. The van der Waals surface area contributed by atoms with Crippen LogP contribution in [0.5, 0.6) is 11.5 Å². The summed E-state index contributed by atoms with van der Waals surface area (Å²) in [7, 11) is 3.29. The fourth-order valence-electron chi connectivity index (χ4n) is 2.03. The first-order valence-electron chi connectivity index (χ1n) is 5.29. The molecule has 0 heterocycles. The molecule has 2 rings (SSSR count). The number of halogens is 1. The molecule has 0 aromatic heterocycles. The lowest BCUT2D eigenvalue weighted by molar-refractivity contribution is 0.352. The molecule has 0 radical (unpaired) electrons. The van der Waals surface area contributed by atoms with Crippen LogP contribution in [0, 0.1) is 0 Å². The van der Waals surface area contributed by atoms with Crippen LogP contribution in [-0.4, -0.2) is 20.8 Å². The number of benzene rings is 1. The summed E-state index contributed by atoms with van der Waals surface area (Å²) in [5.41, 5.74) is 7.22. The Morgan fingerprint density at radius 1 is 1.31 bits per heavy atom. The fourth-order valence-corrected chi connectivity index (χ4v) is 2.94. The molecule has 0 spiro atoms. The van der Waals surface area contributed by atoms with E-state index in [4.69, 9.17) is 15.2 Å². The van der Waals surface area contributed by atoms with E-state index in [1.165, 1.54) is 5.56 Å². The standard InChI is InChI=1S/C12H16BrNO2/c1-15-9-4-3-8(10(13)11(9)16-2)12(7-14)5-6-12/h3-4H,5-7,14H2,1-2H3. The van der Waals surface area contributed by atoms with Crippen molar-refractivity contribution in [2.24, 2.45) is 5.73 Å². The van der Waals surface area contributed by atoms with Gasteiger partial charge >= 0.3 is 0 Å². The molecule has 1 fully saturated rings. The molecule has 1 saturated carbocycles. The highest BCUT2D eigenvalue weighted by Crippen LogP contribution is 2.52. The molecule has 0 amide bonds. The van der Waals surface area contributed by atoms with Crippen molar-refractivity contribution in [1.82, 2.24) is 0 Å². The van der Waals surface area contributed by atoms with Gasteiger partial charge in [0.1, 0.15) is 0 Å². The molecular formula is C12H16BrNO2. The van der Waals surface area contributed by atoms with Gasteiger partial charge in [0, 0.05) is 12.0 Å². The Balaban J connectivity index is 2.49. The van der Waals surface area contributed by atoms with Gasteiger partial charge in [-0.15, -0.1) is 0 Å². The van der Waals surface area contributed by atoms with Crippen molar-refractivity contribution in [3.63, 3.8) is 0 Å². The highest BCUT2D eigenvalue weighted by Gasteiger charge is 2.44. The Morgan fingerprint density at radius 3 is 2.44 bits per heavy atom. The van der Waals surface area contributed by atoms with Crippen LogP contribution in [0.1, 0.15) is 18.4 Å². The molecule has 0 aliphatic heterocycles. The predicted molar refractivity (Wildman–Crippen MR) is 67.2 cm³/mol. The number of ether oxygens (including phenoxy) is 2. The molecule has 2 N–H and O–H groups in total. The molecule has 1 aromatic rings. The van der Waals surface area contributed by atoms with Gasteiger partial charge in [-0.1, -0.05) is 6.07 Å². The summed E-state index contributed by atoms with van der Waals surface area (Å²) < 4.78 is 11.6. The van der Waals surface area contributed by atoms with Gasteiger partial charge in [-0.2, -0.15) is 0 Å². The van der Waals surface area contributed by atoms with Crippen molar-refractivity contribution in [3.05, 3.63) is 22.2 Å². The predicted octanol–water partition coefficient (Wildman–Crippen LogP) is 2.46. The quantitative estimate of drug-likeness (QED) is 0.924. The lowest BCUT2D eigenvalue weighted by atomic mass is 9.96. The molecule has 4 heteroatoms. The van der Waals surface area contributed by atoms with E-state index >= 15 is 0 Å². The molecule has 1 aliphatic rings. The number of methoxy groups -OCH3 is 2. The Morgan fingerprint density at radius 2 is 2.00 bits per heavy atom. The van der Waals surface area contributed by atoms with Gasteiger partial charge in [0.25, 0.3) is 0 Å². The van der Waals surface area contributed by atoms with Gasteiger partial charge in [-0.05, 0) is 40.4 Å². The molecule has 0 saturated heterocycles. The first kappa shape index (κ1) is 11.7. The van der Waals surface area contributed by atoms with Crippen LogP contribution >= 0.6 is 15.9 Å². The third-order valence-corrected chi connectivity index (χ3v) is 4.09. The van der Waals surface area contributed by atoms with Crippen LogP contribution in [0.3, 0.4) is 0 Å². The monoisotopic (exact) mass is 285 g/mol. The van der Waals surface area contributed by atoms with Crippen LogP contribution in [0.2, 0.25) is 0 Å². The Hall–Kier alpha value is -0.740. The van der Waals surface area contributed by atoms with E-state index in [0.717, 1.165) is 28.8 Å². The minimum atomic E-state index is 0.151. The summed E-state index contributed by atoms with van der Waals surface area (Å²) in [5.74, 6) is 1.49. The van der Waals surface area contributed by atoms with E-state index in [1.54, 1.807) is 14.2 Å². The second-order valence-corrected chi connectivity index (χ2v) is 4.94. The fraction of sp³-hybridized carbons (Fsp3) is 0.500. The van der Waals surface area contributed by atoms with E-state index in [1.807, 2.05) is 6.07 Å². The molecule has 0 unspecified atom stereocenters. The summed E-state index contributed by atoms with van der Waals surface area (Å²) in [6, 6.07) is 4.01. The lowest BCUT2D eigenvalue weighted by Crippen LogP contribution is -2.20. The molecule has 0 bridgehead atoms. The lowest BCUT2D eigenvalue weighted by Gasteiger charge is -2.18. The summed E-state index contributed by atoms with van der Waals surface area (Å²) >= 11 is 3.59. The van der Waals surface area contributed by atoms with Crippen LogP contribution in [0.15, 0.2) is 16.6 Å². The van der Waals surface area contributed by atoms with Gasteiger partial charge in [-0.25, -0.2) is 0 Å². The van der Waals surface area contributed by atoms with Crippen molar-refractivity contribution >= 4 is 15.9 Å². The summed E-state index contributed by atoms with van der Waals surface area (Å²) in [5, 5.41) is 0. The average Bonchev–Trinajstić information content (AvgIpc) is 3.09. The Labute approximate surface area is 104 Å². The van der Waals surface area contributed by atoms with Gasteiger partial charge in [0.05, 0.1) is 18.7 Å². The third kappa shape index (κ3) is 1.70. The zero-order chi connectivity index (χ0) is 11.8. The second-order valence-electron chi connectivity index (χ2n) is 4.15. The Bertz CT molecular complexity index is 402. The van der Waals surface area contributed by atoms with Crippen molar-refractivity contribution in [2.45, 2.75) is 18.3 Å². The molecular weight excluding hydrogens is 270 g/mol. The van der Waals surface area contributed by atoms with Crippen molar-refractivity contribution in [2.75, 3.05) is 20.8 Å². The molecule has 88 valence electrons. The van der Waals surface area contributed by atoms with Gasteiger partial charge in [0.15, 0.2) is 11.5 Å². The highest BCUT2D eigenvalue weighted by atomic mass is 79.9. The topological polar surface area (TPSA) is 44.5 Å². The van der Waals surface area contributed by atoms with E-state index in [0.29, 0.717) is 6.54 Å². The maximum atomic E-state index is 5.84. The number of nitrogens with two attached hydrogens (primary N) is 1. The minimum Gasteiger partial charge on any atom is -0.493 e. The molecule has 1 aliphatic carbocycles. The van der Waals surface area contributed by atoms with Crippen molar-refractivity contribution in [1.29, 1.82) is 0 Å². The number of hydrogen-bond acceptors (Lipinski definition) is 3. The van der Waals surface area contributed by atoms with Crippen molar-refractivity contribution < 1.29 is 9.47 Å². The third-order valence-electron chi connectivity index (χ3n) is 3.30. The van der Waals surface area contributed by atoms with Crippen LogP contribution in [0.4, 0.5) is 0 Å². The zero-order valence-electron chi connectivity index (χ0n) is 9.55.